The number of nitrogens with zero attached hydrogens (tertiary/aromatic N) is 3. The van der Waals surface area contributed by atoms with Crippen LogP contribution >= 0.6 is 0 Å². The summed E-state index contributed by atoms with van der Waals surface area (Å²) in [6.07, 6.45) is -1.57. The second kappa shape index (κ2) is 7.56. The molecule has 2 unspecified atom stereocenters. The van der Waals surface area contributed by atoms with Gasteiger partial charge in [0.2, 0.25) is 0 Å². The van der Waals surface area contributed by atoms with Crippen molar-refractivity contribution in [2.24, 2.45) is 0 Å². The Balaban J connectivity index is 1.83. The zero-order valence-corrected chi connectivity index (χ0v) is 12.7. The molecule has 2 aromatic rings. The van der Waals surface area contributed by atoms with Crippen molar-refractivity contribution in [1.29, 1.82) is 0 Å². The Labute approximate surface area is 132 Å². The largest absolute Gasteiger partial charge is 0.416 e. The molecule has 126 valence electrons. The molecule has 0 saturated heterocycles. The summed E-state index contributed by atoms with van der Waals surface area (Å²) in [6, 6.07) is 4.84. The molecular weight excluding hydrogens is 309 g/mol. The van der Waals surface area contributed by atoms with Crippen molar-refractivity contribution in [3.05, 3.63) is 48.0 Å². The van der Waals surface area contributed by atoms with Gasteiger partial charge in [0.05, 0.1) is 11.7 Å². The number of aliphatic hydroxyl groups is 1. The quantitative estimate of drug-likeness (QED) is 0.819. The molecule has 2 atom stereocenters. The SMILES string of the molecule is CC(CCn1cncn1)NCC(O)c1cccc(C(F)(F)F)c1. The van der Waals surface area contributed by atoms with E-state index in [1.165, 1.54) is 18.5 Å². The van der Waals surface area contributed by atoms with E-state index in [1.807, 2.05) is 6.92 Å². The number of aryl methyl sites for hydroxylation is 1. The van der Waals surface area contributed by atoms with Gasteiger partial charge in [0.25, 0.3) is 0 Å². The molecular formula is C15H19F3N4O. The molecule has 1 heterocycles. The van der Waals surface area contributed by atoms with Gasteiger partial charge in [-0.25, -0.2) is 4.98 Å². The molecule has 0 aliphatic carbocycles. The summed E-state index contributed by atoms with van der Waals surface area (Å²) < 4.78 is 39.7. The third kappa shape index (κ3) is 5.33. The van der Waals surface area contributed by atoms with Crippen molar-refractivity contribution in [3.63, 3.8) is 0 Å². The zero-order valence-electron chi connectivity index (χ0n) is 12.7. The molecule has 0 spiro atoms. The average Bonchev–Trinajstić information content (AvgIpc) is 3.03. The monoisotopic (exact) mass is 328 g/mol. The lowest BCUT2D eigenvalue weighted by molar-refractivity contribution is -0.137. The van der Waals surface area contributed by atoms with Crippen molar-refractivity contribution in [3.8, 4) is 0 Å². The molecule has 0 radical (unpaired) electrons. The van der Waals surface area contributed by atoms with Gasteiger partial charge >= 0.3 is 6.18 Å². The van der Waals surface area contributed by atoms with E-state index >= 15 is 0 Å². The summed E-state index contributed by atoms with van der Waals surface area (Å²) in [5.74, 6) is 0. The molecule has 0 amide bonds. The number of hydrogen-bond donors (Lipinski definition) is 2. The number of alkyl halides is 3. The van der Waals surface area contributed by atoms with Crippen LogP contribution in [-0.4, -0.2) is 32.5 Å². The van der Waals surface area contributed by atoms with E-state index in [0.717, 1.165) is 18.6 Å². The average molecular weight is 328 g/mol. The Bertz CT molecular complexity index is 601. The summed E-state index contributed by atoms with van der Waals surface area (Å²) in [5.41, 5.74) is -0.510. The minimum Gasteiger partial charge on any atom is -0.387 e. The van der Waals surface area contributed by atoms with Gasteiger partial charge in [-0.1, -0.05) is 12.1 Å². The van der Waals surface area contributed by atoms with Crippen LogP contribution in [0.15, 0.2) is 36.9 Å². The first-order valence-corrected chi connectivity index (χ1v) is 7.27. The normalized spacial score (nSPS) is 14.7. The lowest BCUT2D eigenvalue weighted by atomic mass is 10.1. The molecule has 8 heteroatoms. The van der Waals surface area contributed by atoms with Crippen LogP contribution in [0.3, 0.4) is 0 Å². The van der Waals surface area contributed by atoms with Gasteiger partial charge < -0.3 is 10.4 Å². The first-order chi connectivity index (χ1) is 10.9. The summed E-state index contributed by atoms with van der Waals surface area (Å²) in [6.45, 7) is 2.80. The van der Waals surface area contributed by atoms with Crippen LogP contribution in [0.2, 0.25) is 0 Å². The van der Waals surface area contributed by atoms with Gasteiger partial charge in [0.1, 0.15) is 12.7 Å². The summed E-state index contributed by atoms with van der Waals surface area (Å²) in [7, 11) is 0. The molecule has 0 aliphatic rings. The number of benzene rings is 1. The fraction of sp³-hybridized carbons (Fsp3) is 0.467. The van der Waals surface area contributed by atoms with E-state index in [1.54, 1.807) is 11.0 Å². The van der Waals surface area contributed by atoms with Crippen LogP contribution in [0.5, 0.6) is 0 Å². The highest BCUT2D eigenvalue weighted by molar-refractivity contribution is 5.27. The Hall–Kier alpha value is -1.93. The van der Waals surface area contributed by atoms with E-state index in [2.05, 4.69) is 15.4 Å². The number of hydrogen-bond acceptors (Lipinski definition) is 4. The van der Waals surface area contributed by atoms with Crippen LogP contribution in [-0.2, 0) is 12.7 Å². The number of nitrogens with one attached hydrogen (secondary N) is 1. The Morgan fingerprint density at radius 1 is 1.35 bits per heavy atom. The van der Waals surface area contributed by atoms with Crippen LogP contribution < -0.4 is 5.32 Å². The fourth-order valence-corrected chi connectivity index (χ4v) is 2.13. The van der Waals surface area contributed by atoms with Gasteiger partial charge in [-0.05, 0) is 31.0 Å². The third-order valence-electron chi connectivity index (χ3n) is 3.52. The van der Waals surface area contributed by atoms with Crippen molar-refractivity contribution in [2.75, 3.05) is 6.54 Å². The van der Waals surface area contributed by atoms with Crippen molar-refractivity contribution in [1.82, 2.24) is 20.1 Å². The van der Waals surface area contributed by atoms with Gasteiger partial charge in [-0.15, -0.1) is 0 Å². The summed E-state index contributed by atoms with van der Waals surface area (Å²) in [4.78, 5) is 3.84. The third-order valence-corrected chi connectivity index (χ3v) is 3.52. The van der Waals surface area contributed by atoms with E-state index in [4.69, 9.17) is 0 Å². The van der Waals surface area contributed by atoms with E-state index in [9.17, 15) is 18.3 Å². The first kappa shape index (κ1) is 17.4. The van der Waals surface area contributed by atoms with Crippen LogP contribution in [0.1, 0.15) is 30.6 Å². The first-order valence-electron chi connectivity index (χ1n) is 7.27. The standard InChI is InChI=1S/C15H19F3N4O/c1-11(5-6-22-10-19-9-21-22)20-8-14(23)12-3-2-4-13(7-12)15(16,17)18/h2-4,7,9-11,14,20,23H,5-6,8H2,1H3. The van der Waals surface area contributed by atoms with Crippen LogP contribution in [0, 0.1) is 0 Å². The highest BCUT2D eigenvalue weighted by Gasteiger charge is 2.30. The van der Waals surface area contributed by atoms with Gasteiger partial charge in [0.15, 0.2) is 0 Å². The Morgan fingerprint density at radius 3 is 2.78 bits per heavy atom. The molecule has 0 aliphatic heterocycles. The molecule has 0 bridgehead atoms. The topological polar surface area (TPSA) is 63.0 Å². The van der Waals surface area contributed by atoms with Crippen molar-refractivity contribution >= 4 is 0 Å². The zero-order chi connectivity index (χ0) is 16.9. The smallest absolute Gasteiger partial charge is 0.387 e. The number of halogens is 3. The predicted molar refractivity (Wildman–Crippen MR) is 78.5 cm³/mol. The van der Waals surface area contributed by atoms with Crippen molar-refractivity contribution in [2.45, 2.75) is 38.2 Å². The van der Waals surface area contributed by atoms with Crippen LogP contribution in [0.25, 0.3) is 0 Å². The lowest BCUT2D eigenvalue weighted by Gasteiger charge is -2.18. The van der Waals surface area contributed by atoms with Gasteiger partial charge in [-0.3, -0.25) is 4.68 Å². The minimum absolute atomic E-state index is 0.0830. The summed E-state index contributed by atoms with van der Waals surface area (Å²) >= 11 is 0. The lowest BCUT2D eigenvalue weighted by Crippen LogP contribution is -2.31. The second-order valence-electron chi connectivity index (χ2n) is 5.40. The van der Waals surface area contributed by atoms with E-state index in [0.29, 0.717) is 6.54 Å². The molecule has 1 aromatic heterocycles. The van der Waals surface area contributed by atoms with Crippen molar-refractivity contribution < 1.29 is 18.3 Å². The molecule has 2 N–H and O–H groups in total. The number of rotatable bonds is 7. The Morgan fingerprint density at radius 2 is 2.13 bits per heavy atom. The highest BCUT2D eigenvalue weighted by Crippen LogP contribution is 2.30. The maximum absolute atomic E-state index is 12.7. The second-order valence-corrected chi connectivity index (χ2v) is 5.40. The number of aromatic nitrogens is 3. The maximum Gasteiger partial charge on any atom is 0.416 e. The minimum atomic E-state index is -4.41. The number of aliphatic hydroxyl groups excluding tert-OH is 1. The molecule has 23 heavy (non-hydrogen) atoms. The van der Waals surface area contributed by atoms with Gasteiger partial charge in [0, 0.05) is 19.1 Å². The molecule has 0 saturated carbocycles. The van der Waals surface area contributed by atoms with E-state index in [-0.39, 0.29) is 18.2 Å². The fourth-order valence-electron chi connectivity index (χ4n) is 2.13. The van der Waals surface area contributed by atoms with Crippen LogP contribution in [0.4, 0.5) is 13.2 Å². The highest BCUT2D eigenvalue weighted by atomic mass is 19.4. The molecule has 1 aromatic carbocycles. The van der Waals surface area contributed by atoms with E-state index < -0.39 is 17.8 Å². The maximum atomic E-state index is 12.7. The summed E-state index contributed by atoms with van der Waals surface area (Å²) in [5, 5.41) is 17.1. The Kier molecular flexibility index (Phi) is 5.73. The predicted octanol–water partition coefficient (Wildman–Crippen LogP) is 2.40. The van der Waals surface area contributed by atoms with Gasteiger partial charge in [-0.2, -0.15) is 18.3 Å². The molecule has 0 fully saturated rings. The molecule has 5 nitrogen and oxygen atoms in total. The molecule has 2 rings (SSSR count).